The van der Waals surface area contributed by atoms with E-state index in [-0.39, 0.29) is 11.7 Å². The zero-order valence-electron chi connectivity index (χ0n) is 15.3. The van der Waals surface area contributed by atoms with Crippen LogP contribution in [0.2, 0.25) is 0 Å². The number of likely N-dealkylation sites (tertiary alicyclic amines) is 1. The van der Waals surface area contributed by atoms with E-state index >= 15 is 0 Å². The Morgan fingerprint density at radius 3 is 2.56 bits per heavy atom. The molecule has 2 aromatic rings. The van der Waals surface area contributed by atoms with Gasteiger partial charge < -0.3 is 9.64 Å². The number of hydrogen-bond donors (Lipinski definition) is 0. The van der Waals surface area contributed by atoms with E-state index in [0.29, 0.717) is 50.1 Å². The first-order valence-corrected chi connectivity index (χ1v) is 10.1. The third kappa shape index (κ3) is 3.79. The quantitative estimate of drug-likeness (QED) is 0.716. The summed E-state index contributed by atoms with van der Waals surface area (Å²) in [6, 6.07) is 13.6. The number of ketones is 1. The lowest BCUT2D eigenvalue weighted by Crippen LogP contribution is -2.52. The molecule has 1 saturated heterocycles. The Morgan fingerprint density at radius 2 is 1.85 bits per heavy atom. The Hall–Kier alpha value is -2.14. The van der Waals surface area contributed by atoms with Crippen molar-refractivity contribution in [1.29, 1.82) is 0 Å². The lowest BCUT2D eigenvalue weighted by atomic mass is 9.82. The maximum Gasteiger partial charge on any atom is 0.226 e. The largest absolute Gasteiger partial charge is 0.486 e. The molecule has 1 amide bonds. The predicted octanol–water partition coefficient (Wildman–Crippen LogP) is 4.33. The third-order valence-electron chi connectivity index (χ3n) is 5.54. The van der Waals surface area contributed by atoms with Crippen LogP contribution in [0.4, 0.5) is 0 Å². The lowest BCUT2D eigenvalue weighted by Gasteiger charge is -2.44. The van der Waals surface area contributed by atoms with Gasteiger partial charge in [0.05, 0.1) is 18.4 Å². The van der Waals surface area contributed by atoms with Crippen LogP contribution in [0.5, 0.6) is 5.75 Å². The number of ether oxygens (including phenoxy) is 1. The lowest BCUT2D eigenvalue weighted by molar-refractivity contribution is -0.134. The smallest absolute Gasteiger partial charge is 0.226 e. The first-order chi connectivity index (χ1) is 12.9. The van der Waals surface area contributed by atoms with Gasteiger partial charge in [0, 0.05) is 30.4 Å². The molecule has 4 nitrogen and oxygen atoms in total. The number of carbonyl (C=O) groups excluding carboxylic acids is 2. The minimum absolute atomic E-state index is 0.130. The summed E-state index contributed by atoms with van der Waals surface area (Å²) in [7, 11) is 0. The average molecular weight is 428 g/mol. The number of halogens is 1. The number of nitrogens with zero attached hydrogens (tertiary/aromatic N) is 1. The summed E-state index contributed by atoms with van der Waals surface area (Å²) >= 11 is 3.41. The van der Waals surface area contributed by atoms with Crippen molar-refractivity contribution < 1.29 is 14.3 Å². The van der Waals surface area contributed by atoms with Crippen molar-refractivity contribution in [2.45, 2.75) is 38.2 Å². The van der Waals surface area contributed by atoms with Crippen molar-refractivity contribution in [2.24, 2.45) is 0 Å². The molecule has 0 saturated carbocycles. The molecule has 2 aromatic carbocycles. The fraction of sp³-hybridized carbons (Fsp3) is 0.364. The first-order valence-electron chi connectivity index (χ1n) is 9.29. The van der Waals surface area contributed by atoms with Gasteiger partial charge in [0.2, 0.25) is 5.91 Å². The summed E-state index contributed by atoms with van der Waals surface area (Å²) < 4.78 is 7.29. The number of hydrogen-bond acceptors (Lipinski definition) is 3. The second-order valence-electron chi connectivity index (χ2n) is 7.57. The van der Waals surface area contributed by atoms with Crippen LogP contribution in [0.3, 0.4) is 0 Å². The van der Waals surface area contributed by atoms with Crippen LogP contribution in [0.15, 0.2) is 46.9 Å². The van der Waals surface area contributed by atoms with E-state index in [4.69, 9.17) is 4.74 Å². The number of amides is 1. The average Bonchev–Trinajstić information content (AvgIpc) is 2.65. The van der Waals surface area contributed by atoms with Crippen molar-refractivity contribution in [3.8, 4) is 5.75 Å². The number of aryl methyl sites for hydroxylation is 1. The van der Waals surface area contributed by atoms with Crippen LogP contribution in [-0.4, -0.2) is 35.3 Å². The highest BCUT2D eigenvalue weighted by Gasteiger charge is 2.43. The summed E-state index contributed by atoms with van der Waals surface area (Å²) in [5.74, 6) is 0.964. The number of carbonyl (C=O) groups is 2. The molecule has 0 radical (unpaired) electrons. The van der Waals surface area contributed by atoms with Crippen LogP contribution < -0.4 is 4.74 Å². The fourth-order valence-electron chi connectivity index (χ4n) is 3.94. The van der Waals surface area contributed by atoms with E-state index in [1.807, 2.05) is 54.3 Å². The highest BCUT2D eigenvalue weighted by atomic mass is 79.9. The van der Waals surface area contributed by atoms with E-state index < -0.39 is 5.60 Å². The van der Waals surface area contributed by atoms with Crippen molar-refractivity contribution in [3.63, 3.8) is 0 Å². The Balaban J connectivity index is 1.41. The second kappa shape index (κ2) is 7.12. The highest BCUT2D eigenvalue weighted by Crippen LogP contribution is 2.39. The minimum atomic E-state index is -0.465. The van der Waals surface area contributed by atoms with Gasteiger partial charge in [-0.25, -0.2) is 0 Å². The van der Waals surface area contributed by atoms with Gasteiger partial charge in [-0.2, -0.15) is 0 Å². The minimum Gasteiger partial charge on any atom is -0.486 e. The Bertz CT molecular complexity index is 883. The molecule has 0 bridgehead atoms. The van der Waals surface area contributed by atoms with Crippen molar-refractivity contribution in [3.05, 3.63) is 63.6 Å². The highest BCUT2D eigenvalue weighted by molar-refractivity contribution is 9.10. The van der Waals surface area contributed by atoms with E-state index in [0.717, 1.165) is 15.6 Å². The van der Waals surface area contributed by atoms with Gasteiger partial charge in [0.15, 0.2) is 5.78 Å². The van der Waals surface area contributed by atoms with Gasteiger partial charge in [0.25, 0.3) is 0 Å². The summed E-state index contributed by atoms with van der Waals surface area (Å²) in [6.45, 7) is 3.24. The normalized spacial score (nSPS) is 18.1. The van der Waals surface area contributed by atoms with Crippen molar-refractivity contribution >= 4 is 27.6 Å². The SMILES string of the molecule is Cc1ccc2c(c1)C(=O)CC1(CCN(C(=O)Cc3ccc(Br)cc3)CC1)O2. The van der Waals surface area contributed by atoms with Gasteiger partial charge >= 0.3 is 0 Å². The van der Waals surface area contributed by atoms with Gasteiger partial charge in [-0.15, -0.1) is 0 Å². The molecule has 5 heteroatoms. The molecule has 0 aliphatic carbocycles. The van der Waals surface area contributed by atoms with Crippen LogP contribution in [0.1, 0.15) is 40.7 Å². The van der Waals surface area contributed by atoms with Crippen LogP contribution in [0, 0.1) is 6.92 Å². The monoisotopic (exact) mass is 427 g/mol. The Kier molecular flexibility index (Phi) is 4.81. The molecule has 2 aliphatic heterocycles. The maximum absolute atomic E-state index is 12.6. The number of Topliss-reactive ketones (excluding diaryl/α,β-unsaturated/α-hetero) is 1. The summed E-state index contributed by atoms with van der Waals surface area (Å²) in [4.78, 5) is 27.2. The van der Waals surface area contributed by atoms with Crippen molar-refractivity contribution in [2.75, 3.05) is 13.1 Å². The van der Waals surface area contributed by atoms with Crippen LogP contribution in [0.25, 0.3) is 0 Å². The van der Waals surface area contributed by atoms with Crippen LogP contribution in [-0.2, 0) is 11.2 Å². The predicted molar refractivity (Wildman–Crippen MR) is 107 cm³/mol. The maximum atomic E-state index is 12.6. The zero-order valence-corrected chi connectivity index (χ0v) is 16.9. The molecule has 0 unspecified atom stereocenters. The molecular weight excluding hydrogens is 406 g/mol. The molecule has 0 aromatic heterocycles. The van der Waals surface area contributed by atoms with E-state index in [1.165, 1.54) is 0 Å². The number of piperidine rings is 1. The molecular formula is C22H22BrNO3. The van der Waals surface area contributed by atoms with Crippen LogP contribution >= 0.6 is 15.9 Å². The molecule has 2 heterocycles. The molecule has 1 spiro atoms. The van der Waals surface area contributed by atoms with Crippen molar-refractivity contribution in [1.82, 2.24) is 4.90 Å². The molecule has 4 rings (SSSR count). The standard InChI is InChI=1S/C22H22BrNO3/c1-15-2-7-20-18(12-15)19(25)14-22(27-20)8-10-24(11-9-22)21(26)13-16-3-5-17(23)6-4-16/h2-7,12H,8-11,13-14H2,1H3. The molecule has 0 N–H and O–H groups in total. The third-order valence-corrected chi connectivity index (χ3v) is 6.07. The summed E-state index contributed by atoms with van der Waals surface area (Å²) in [5, 5.41) is 0. The van der Waals surface area contributed by atoms with E-state index in [9.17, 15) is 9.59 Å². The summed E-state index contributed by atoms with van der Waals surface area (Å²) in [5.41, 5.74) is 2.30. The summed E-state index contributed by atoms with van der Waals surface area (Å²) in [6.07, 6.45) is 2.19. The molecule has 1 fully saturated rings. The molecule has 0 atom stereocenters. The topological polar surface area (TPSA) is 46.6 Å². The van der Waals surface area contributed by atoms with Gasteiger partial charge in [-0.3, -0.25) is 9.59 Å². The van der Waals surface area contributed by atoms with Gasteiger partial charge in [-0.1, -0.05) is 39.7 Å². The van der Waals surface area contributed by atoms with E-state index in [1.54, 1.807) is 0 Å². The number of rotatable bonds is 2. The Labute approximate surface area is 167 Å². The zero-order chi connectivity index (χ0) is 19.0. The first kappa shape index (κ1) is 18.2. The Morgan fingerprint density at radius 1 is 1.15 bits per heavy atom. The molecule has 27 heavy (non-hydrogen) atoms. The molecule has 2 aliphatic rings. The van der Waals surface area contributed by atoms with Gasteiger partial charge in [-0.05, 0) is 36.8 Å². The molecule has 140 valence electrons. The van der Waals surface area contributed by atoms with E-state index in [2.05, 4.69) is 15.9 Å². The second-order valence-corrected chi connectivity index (χ2v) is 8.48. The number of benzene rings is 2. The van der Waals surface area contributed by atoms with Gasteiger partial charge in [0.1, 0.15) is 11.4 Å². The fourth-order valence-corrected chi connectivity index (χ4v) is 4.20. The number of fused-ring (bicyclic) bond motifs is 1.